The summed E-state index contributed by atoms with van der Waals surface area (Å²) in [4.78, 5) is 47.9. The fraction of sp³-hybridized carbons (Fsp3) is 0.286. The minimum Gasteiger partial charge on any atom is -0.347 e. The largest absolute Gasteiger partial charge is 0.347 e. The number of hydrogen-bond acceptors (Lipinski definition) is 4. The van der Waals surface area contributed by atoms with Crippen LogP contribution in [0.1, 0.15) is 34.6 Å². The first-order valence-corrected chi connectivity index (χ1v) is 6.17. The Labute approximate surface area is 115 Å². The fourth-order valence-electron chi connectivity index (χ4n) is 2.04. The summed E-state index contributed by atoms with van der Waals surface area (Å²) in [5, 5.41) is 2.39. The minimum absolute atomic E-state index is 0.119. The van der Waals surface area contributed by atoms with Gasteiger partial charge in [-0.1, -0.05) is 12.1 Å². The van der Waals surface area contributed by atoms with E-state index in [1.54, 1.807) is 24.3 Å². The Morgan fingerprint density at radius 1 is 1.15 bits per heavy atom. The zero-order valence-corrected chi connectivity index (χ0v) is 11.2. The lowest BCUT2D eigenvalue weighted by molar-refractivity contribution is -0.127. The number of imide groups is 1. The molecule has 1 aromatic rings. The van der Waals surface area contributed by atoms with Gasteiger partial charge in [0.1, 0.15) is 11.8 Å². The molecule has 0 saturated carbocycles. The van der Waals surface area contributed by atoms with Crippen LogP contribution in [0.3, 0.4) is 0 Å². The molecule has 0 aliphatic carbocycles. The molecule has 1 aliphatic rings. The normalized spacial score (nSPS) is 15.0. The van der Waals surface area contributed by atoms with E-state index in [0.29, 0.717) is 11.1 Å². The average Bonchev–Trinajstić information content (AvgIpc) is 2.68. The Balaban J connectivity index is 2.19. The number of benzene rings is 1. The molecular weight excluding hydrogens is 260 g/mol. The molecule has 1 atom stereocenters. The van der Waals surface area contributed by atoms with Gasteiger partial charge >= 0.3 is 0 Å². The molecule has 1 aliphatic heterocycles. The molecule has 0 radical (unpaired) electrons. The molecule has 20 heavy (non-hydrogen) atoms. The molecule has 1 N–H and O–H groups in total. The highest BCUT2D eigenvalue weighted by molar-refractivity contribution is 6.22. The zero-order chi connectivity index (χ0) is 14.9. The maximum Gasteiger partial charge on any atom is 0.262 e. The molecule has 3 amide bonds. The Morgan fingerprint density at radius 3 is 2.10 bits per heavy atom. The first kappa shape index (κ1) is 13.9. The van der Waals surface area contributed by atoms with Crippen LogP contribution >= 0.6 is 0 Å². The third-order valence-corrected chi connectivity index (χ3v) is 3.10. The molecule has 1 aromatic carbocycles. The summed E-state index contributed by atoms with van der Waals surface area (Å²) in [5.74, 6) is -1.71. The Hall–Kier alpha value is -2.50. The van der Waals surface area contributed by atoms with Gasteiger partial charge in [-0.3, -0.25) is 24.1 Å². The van der Waals surface area contributed by atoms with Gasteiger partial charge in [-0.15, -0.1) is 0 Å². The second-order valence-electron chi connectivity index (χ2n) is 4.62. The summed E-state index contributed by atoms with van der Waals surface area (Å²) in [5.41, 5.74) is 0.590. The first-order valence-electron chi connectivity index (χ1n) is 6.17. The van der Waals surface area contributed by atoms with Gasteiger partial charge in [0.2, 0.25) is 5.91 Å². The van der Waals surface area contributed by atoms with Crippen LogP contribution in [-0.4, -0.2) is 41.0 Å². The molecule has 6 nitrogen and oxygen atoms in total. The van der Waals surface area contributed by atoms with Gasteiger partial charge < -0.3 is 5.32 Å². The van der Waals surface area contributed by atoms with Gasteiger partial charge in [0.05, 0.1) is 17.7 Å². The molecule has 104 valence electrons. The van der Waals surface area contributed by atoms with E-state index >= 15 is 0 Å². The van der Waals surface area contributed by atoms with E-state index < -0.39 is 23.8 Å². The molecule has 6 heteroatoms. The van der Waals surface area contributed by atoms with Crippen LogP contribution in [0, 0.1) is 0 Å². The van der Waals surface area contributed by atoms with Crippen LogP contribution in [0.2, 0.25) is 0 Å². The predicted octanol–water partition coefficient (Wildman–Crippen LogP) is 0.376. The van der Waals surface area contributed by atoms with Crippen LogP contribution in [0.25, 0.3) is 0 Å². The number of rotatable bonds is 4. The summed E-state index contributed by atoms with van der Waals surface area (Å²) in [6.45, 7) is 2.68. The molecule has 0 bridgehead atoms. The highest BCUT2D eigenvalue weighted by Gasteiger charge is 2.40. The van der Waals surface area contributed by atoms with Crippen molar-refractivity contribution in [3.63, 3.8) is 0 Å². The van der Waals surface area contributed by atoms with E-state index in [1.807, 2.05) is 0 Å². The fourth-order valence-corrected chi connectivity index (χ4v) is 2.04. The molecule has 0 saturated heterocycles. The van der Waals surface area contributed by atoms with Crippen molar-refractivity contribution < 1.29 is 19.2 Å². The molecular formula is C14H14N2O4. The van der Waals surface area contributed by atoms with Crippen molar-refractivity contribution in [3.05, 3.63) is 35.4 Å². The van der Waals surface area contributed by atoms with Crippen molar-refractivity contribution in [2.45, 2.75) is 19.9 Å². The number of amides is 3. The van der Waals surface area contributed by atoms with Crippen LogP contribution in [0.4, 0.5) is 0 Å². The standard InChI is InChI=1S/C14H14N2O4/c1-8(17)7-15-12(18)9(2)16-13(19)10-5-3-4-6-11(10)14(16)20/h3-6,9H,7H2,1-2H3,(H,15,18). The molecule has 0 spiro atoms. The van der Waals surface area contributed by atoms with Gasteiger partial charge in [0.15, 0.2) is 0 Å². The zero-order valence-electron chi connectivity index (χ0n) is 11.2. The van der Waals surface area contributed by atoms with Crippen LogP contribution in [0.5, 0.6) is 0 Å². The number of nitrogens with zero attached hydrogens (tertiary/aromatic N) is 1. The van der Waals surface area contributed by atoms with E-state index in [4.69, 9.17) is 0 Å². The van der Waals surface area contributed by atoms with Gasteiger partial charge in [0.25, 0.3) is 11.8 Å². The van der Waals surface area contributed by atoms with Crippen LogP contribution in [0.15, 0.2) is 24.3 Å². The highest BCUT2D eigenvalue weighted by atomic mass is 16.2. The topological polar surface area (TPSA) is 83.6 Å². The second-order valence-corrected chi connectivity index (χ2v) is 4.62. The summed E-state index contributed by atoms with van der Waals surface area (Å²) in [7, 11) is 0. The van der Waals surface area contributed by atoms with E-state index in [2.05, 4.69) is 5.32 Å². The van der Waals surface area contributed by atoms with Crippen molar-refractivity contribution in [1.82, 2.24) is 10.2 Å². The Morgan fingerprint density at radius 2 is 1.65 bits per heavy atom. The van der Waals surface area contributed by atoms with Gasteiger partial charge in [-0.25, -0.2) is 0 Å². The molecule has 0 fully saturated rings. The number of carbonyl (C=O) groups excluding carboxylic acids is 4. The minimum atomic E-state index is -0.957. The second kappa shape index (κ2) is 5.24. The maximum absolute atomic E-state index is 12.1. The first-order chi connectivity index (χ1) is 9.43. The molecule has 1 unspecified atom stereocenters. The smallest absolute Gasteiger partial charge is 0.262 e. The number of carbonyl (C=O) groups is 4. The third-order valence-electron chi connectivity index (χ3n) is 3.10. The lowest BCUT2D eigenvalue weighted by Crippen LogP contribution is -2.48. The monoisotopic (exact) mass is 274 g/mol. The summed E-state index contributed by atoms with van der Waals surface area (Å²) in [6, 6.07) is 5.47. The quantitative estimate of drug-likeness (QED) is 0.804. The van der Waals surface area contributed by atoms with E-state index in [0.717, 1.165) is 4.90 Å². The number of nitrogens with one attached hydrogen (secondary N) is 1. The summed E-state index contributed by atoms with van der Waals surface area (Å²) in [6.07, 6.45) is 0. The van der Waals surface area contributed by atoms with E-state index in [-0.39, 0.29) is 12.3 Å². The lowest BCUT2D eigenvalue weighted by atomic mass is 10.1. The van der Waals surface area contributed by atoms with Gasteiger partial charge in [-0.05, 0) is 26.0 Å². The predicted molar refractivity (Wildman–Crippen MR) is 70.1 cm³/mol. The van der Waals surface area contributed by atoms with E-state index in [1.165, 1.54) is 13.8 Å². The number of ketones is 1. The summed E-state index contributed by atoms with van der Waals surface area (Å²) < 4.78 is 0. The average molecular weight is 274 g/mol. The van der Waals surface area contributed by atoms with Crippen molar-refractivity contribution in [1.29, 1.82) is 0 Å². The highest BCUT2D eigenvalue weighted by Crippen LogP contribution is 2.24. The van der Waals surface area contributed by atoms with Crippen molar-refractivity contribution in [2.75, 3.05) is 6.54 Å². The third kappa shape index (κ3) is 2.32. The van der Waals surface area contributed by atoms with Crippen molar-refractivity contribution >= 4 is 23.5 Å². The van der Waals surface area contributed by atoms with Crippen molar-refractivity contribution in [3.8, 4) is 0 Å². The van der Waals surface area contributed by atoms with Gasteiger partial charge in [0, 0.05) is 0 Å². The summed E-state index contributed by atoms with van der Waals surface area (Å²) >= 11 is 0. The molecule has 2 rings (SSSR count). The van der Waals surface area contributed by atoms with Crippen molar-refractivity contribution in [2.24, 2.45) is 0 Å². The molecule has 1 heterocycles. The van der Waals surface area contributed by atoms with Crippen LogP contribution < -0.4 is 5.32 Å². The lowest BCUT2D eigenvalue weighted by Gasteiger charge is -2.21. The van der Waals surface area contributed by atoms with Gasteiger partial charge in [-0.2, -0.15) is 0 Å². The van der Waals surface area contributed by atoms with Crippen LogP contribution in [-0.2, 0) is 9.59 Å². The Bertz CT molecular complexity index is 574. The number of fused-ring (bicyclic) bond motifs is 1. The number of hydrogen-bond donors (Lipinski definition) is 1. The SMILES string of the molecule is CC(=O)CNC(=O)C(C)N1C(=O)c2ccccc2C1=O. The Kier molecular flexibility index (Phi) is 3.65. The van der Waals surface area contributed by atoms with E-state index in [9.17, 15) is 19.2 Å². The number of Topliss-reactive ketones (excluding diaryl/α,β-unsaturated/α-hetero) is 1. The molecule has 0 aromatic heterocycles. The maximum atomic E-state index is 12.1.